The Bertz CT molecular complexity index is 660. The lowest BCUT2D eigenvalue weighted by Gasteiger charge is -2.08. The third kappa shape index (κ3) is 3.56. The molecule has 0 heterocycles. The molecule has 0 radical (unpaired) electrons. The van der Waals surface area contributed by atoms with Gasteiger partial charge in [0.05, 0.1) is 5.02 Å². The highest BCUT2D eigenvalue weighted by Crippen LogP contribution is 2.32. The van der Waals surface area contributed by atoms with Crippen LogP contribution < -0.4 is 0 Å². The molecular formula is C17H17ClO3. The van der Waals surface area contributed by atoms with Gasteiger partial charge in [0.2, 0.25) is 0 Å². The second-order valence-electron chi connectivity index (χ2n) is 5.44. The van der Waals surface area contributed by atoms with Gasteiger partial charge in [0.1, 0.15) is 0 Å². The fraction of sp³-hybridized carbons (Fsp3) is 0.235. The van der Waals surface area contributed by atoms with Gasteiger partial charge in [-0.15, -0.1) is 0 Å². The molecule has 0 fully saturated rings. The average Bonchev–Trinajstić information content (AvgIpc) is 2.42. The summed E-state index contributed by atoms with van der Waals surface area (Å²) in [6.45, 7) is 4.27. The molecular weight excluding hydrogens is 288 g/mol. The Labute approximate surface area is 128 Å². The lowest BCUT2D eigenvalue weighted by atomic mass is 9.98. The summed E-state index contributed by atoms with van der Waals surface area (Å²) in [5.74, 6) is -0.440. The molecule has 0 aliphatic carbocycles. The number of rotatable bonds is 4. The van der Waals surface area contributed by atoms with E-state index in [0.29, 0.717) is 11.5 Å². The van der Waals surface area contributed by atoms with Crippen LogP contribution in [0.1, 0.15) is 35.3 Å². The van der Waals surface area contributed by atoms with Crippen LogP contribution in [0.2, 0.25) is 5.02 Å². The predicted octanol–water partition coefficient (Wildman–Crippen LogP) is 4.18. The molecule has 2 aromatic carbocycles. The summed E-state index contributed by atoms with van der Waals surface area (Å²) < 4.78 is 0. The standard InChI is InChI=1S/C17H17ClO3/c1-10(2)7-11-3-5-12(6-4-11)17(21)13-8-15(19)16(20)9-14(13)18/h3-6,8-10,19-20H,7H2,1-2H3. The van der Waals surface area contributed by atoms with Crippen molar-refractivity contribution in [2.45, 2.75) is 20.3 Å². The van der Waals surface area contributed by atoms with Crippen molar-refractivity contribution in [2.75, 3.05) is 0 Å². The van der Waals surface area contributed by atoms with Crippen LogP contribution in [0.15, 0.2) is 36.4 Å². The summed E-state index contributed by atoms with van der Waals surface area (Å²) >= 11 is 5.95. The van der Waals surface area contributed by atoms with E-state index in [-0.39, 0.29) is 27.9 Å². The minimum absolute atomic E-state index is 0.113. The highest BCUT2D eigenvalue weighted by atomic mass is 35.5. The Morgan fingerprint density at radius 3 is 2.24 bits per heavy atom. The molecule has 0 atom stereocenters. The van der Waals surface area contributed by atoms with E-state index in [4.69, 9.17) is 11.6 Å². The molecule has 110 valence electrons. The van der Waals surface area contributed by atoms with E-state index in [0.717, 1.165) is 12.5 Å². The first-order valence-corrected chi connectivity index (χ1v) is 7.11. The molecule has 0 bridgehead atoms. The number of hydrogen-bond acceptors (Lipinski definition) is 3. The van der Waals surface area contributed by atoms with E-state index in [1.807, 2.05) is 12.1 Å². The van der Waals surface area contributed by atoms with E-state index in [1.54, 1.807) is 12.1 Å². The Morgan fingerprint density at radius 1 is 1.10 bits per heavy atom. The maximum atomic E-state index is 12.4. The van der Waals surface area contributed by atoms with Crippen molar-refractivity contribution in [1.82, 2.24) is 0 Å². The van der Waals surface area contributed by atoms with E-state index in [2.05, 4.69) is 13.8 Å². The Hall–Kier alpha value is -2.00. The summed E-state index contributed by atoms with van der Waals surface area (Å²) in [6, 6.07) is 9.68. The third-order valence-corrected chi connectivity index (χ3v) is 3.48. The molecule has 0 aliphatic heterocycles. The monoisotopic (exact) mass is 304 g/mol. The molecule has 0 unspecified atom stereocenters. The van der Waals surface area contributed by atoms with Crippen LogP contribution in [0.3, 0.4) is 0 Å². The number of carbonyl (C=O) groups excluding carboxylic acids is 1. The topological polar surface area (TPSA) is 57.5 Å². The third-order valence-electron chi connectivity index (χ3n) is 3.17. The molecule has 0 aliphatic rings. The van der Waals surface area contributed by atoms with Gasteiger partial charge in [-0.3, -0.25) is 4.79 Å². The zero-order valence-electron chi connectivity index (χ0n) is 11.9. The minimum Gasteiger partial charge on any atom is -0.504 e. The second kappa shape index (κ2) is 6.19. The van der Waals surface area contributed by atoms with Crippen LogP contribution in [-0.4, -0.2) is 16.0 Å². The first kappa shape index (κ1) is 15.4. The summed E-state index contributed by atoms with van der Waals surface area (Å²) in [6.07, 6.45) is 0.954. The summed E-state index contributed by atoms with van der Waals surface area (Å²) in [5, 5.41) is 19.0. The number of ketones is 1. The lowest BCUT2D eigenvalue weighted by Crippen LogP contribution is -2.03. The number of phenolic OH excluding ortho intramolecular Hbond substituents is 2. The van der Waals surface area contributed by atoms with Crippen molar-refractivity contribution < 1.29 is 15.0 Å². The van der Waals surface area contributed by atoms with Crippen molar-refractivity contribution in [3.8, 4) is 11.5 Å². The Morgan fingerprint density at radius 2 is 1.67 bits per heavy atom. The van der Waals surface area contributed by atoms with Crippen LogP contribution in [-0.2, 0) is 6.42 Å². The van der Waals surface area contributed by atoms with Gasteiger partial charge < -0.3 is 10.2 Å². The molecule has 21 heavy (non-hydrogen) atoms. The molecule has 3 nitrogen and oxygen atoms in total. The lowest BCUT2D eigenvalue weighted by molar-refractivity contribution is 0.103. The molecule has 0 spiro atoms. The minimum atomic E-state index is -0.362. The van der Waals surface area contributed by atoms with Crippen LogP contribution in [0.4, 0.5) is 0 Å². The van der Waals surface area contributed by atoms with Crippen LogP contribution in [0.5, 0.6) is 11.5 Å². The average molecular weight is 305 g/mol. The molecule has 2 aromatic rings. The highest BCUT2D eigenvalue weighted by molar-refractivity contribution is 6.35. The van der Waals surface area contributed by atoms with Crippen molar-refractivity contribution in [3.05, 3.63) is 58.1 Å². The van der Waals surface area contributed by atoms with Gasteiger partial charge in [-0.25, -0.2) is 0 Å². The number of aromatic hydroxyl groups is 2. The van der Waals surface area contributed by atoms with E-state index < -0.39 is 0 Å². The fourth-order valence-corrected chi connectivity index (χ4v) is 2.39. The zero-order valence-corrected chi connectivity index (χ0v) is 12.7. The molecule has 2 N–H and O–H groups in total. The Balaban J connectivity index is 2.30. The first-order chi connectivity index (χ1) is 9.88. The van der Waals surface area contributed by atoms with Gasteiger partial charge in [0.25, 0.3) is 0 Å². The van der Waals surface area contributed by atoms with E-state index >= 15 is 0 Å². The van der Waals surface area contributed by atoms with Crippen LogP contribution in [0, 0.1) is 5.92 Å². The normalized spacial score (nSPS) is 10.9. The summed E-state index contributed by atoms with van der Waals surface area (Å²) in [7, 11) is 0. The number of phenols is 2. The molecule has 4 heteroatoms. The van der Waals surface area contributed by atoms with E-state index in [1.165, 1.54) is 11.6 Å². The number of hydrogen-bond donors (Lipinski definition) is 2. The predicted molar refractivity (Wildman–Crippen MR) is 83.2 cm³/mol. The van der Waals surface area contributed by atoms with Crippen LogP contribution >= 0.6 is 11.6 Å². The van der Waals surface area contributed by atoms with Gasteiger partial charge in [0.15, 0.2) is 17.3 Å². The van der Waals surface area contributed by atoms with Crippen molar-refractivity contribution in [3.63, 3.8) is 0 Å². The summed E-state index contributed by atoms with van der Waals surface area (Å²) in [5.41, 5.74) is 1.83. The quantitative estimate of drug-likeness (QED) is 0.658. The van der Waals surface area contributed by atoms with Gasteiger partial charge in [-0.1, -0.05) is 49.7 Å². The van der Waals surface area contributed by atoms with Gasteiger partial charge in [-0.2, -0.15) is 0 Å². The molecule has 0 saturated carbocycles. The van der Waals surface area contributed by atoms with Crippen LogP contribution in [0.25, 0.3) is 0 Å². The number of halogens is 1. The molecule has 0 amide bonds. The molecule has 0 aromatic heterocycles. The fourth-order valence-electron chi connectivity index (χ4n) is 2.14. The van der Waals surface area contributed by atoms with E-state index in [9.17, 15) is 15.0 Å². The smallest absolute Gasteiger partial charge is 0.194 e. The van der Waals surface area contributed by atoms with Crippen molar-refractivity contribution in [1.29, 1.82) is 0 Å². The Kier molecular flexibility index (Phi) is 4.53. The van der Waals surface area contributed by atoms with Crippen molar-refractivity contribution in [2.24, 2.45) is 5.92 Å². The van der Waals surface area contributed by atoms with Gasteiger partial charge >= 0.3 is 0 Å². The number of benzene rings is 2. The van der Waals surface area contributed by atoms with Gasteiger partial charge in [-0.05, 0) is 24.0 Å². The largest absolute Gasteiger partial charge is 0.504 e. The second-order valence-corrected chi connectivity index (χ2v) is 5.85. The molecule has 0 saturated heterocycles. The zero-order chi connectivity index (χ0) is 15.6. The summed E-state index contributed by atoms with van der Waals surface area (Å²) in [4.78, 5) is 12.4. The maximum absolute atomic E-state index is 12.4. The maximum Gasteiger partial charge on any atom is 0.194 e. The van der Waals surface area contributed by atoms with Gasteiger partial charge in [0, 0.05) is 17.2 Å². The number of carbonyl (C=O) groups is 1. The first-order valence-electron chi connectivity index (χ1n) is 6.73. The SMILES string of the molecule is CC(C)Cc1ccc(C(=O)c2cc(O)c(O)cc2Cl)cc1. The van der Waals surface area contributed by atoms with Crippen molar-refractivity contribution >= 4 is 17.4 Å². The molecule has 2 rings (SSSR count). The highest BCUT2D eigenvalue weighted by Gasteiger charge is 2.16.